The summed E-state index contributed by atoms with van der Waals surface area (Å²) in [6, 6.07) is 15.3. The zero-order chi connectivity index (χ0) is 34.6. The molecule has 19 heteroatoms. The number of carbonyl (C=O) groups excluding carboxylic acids is 4. The van der Waals surface area contributed by atoms with Crippen LogP contribution in [0.25, 0.3) is 0 Å². The fraction of sp³-hybridized carbons (Fsp3) is 0.321. The number of rotatable bonds is 13. The van der Waals surface area contributed by atoms with Gasteiger partial charge in [-0.1, -0.05) is 24.3 Å². The van der Waals surface area contributed by atoms with Crippen molar-refractivity contribution in [3.8, 4) is 0 Å². The minimum Gasteiger partial charge on any atom is -0.325 e. The first-order valence-electron chi connectivity index (χ1n) is 13.8. The van der Waals surface area contributed by atoms with E-state index in [9.17, 15) is 19.2 Å². The number of imide groups is 2. The Morgan fingerprint density at radius 1 is 0.809 bits per heavy atom. The molecule has 2 aliphatic rings. The second kappa shape index (κ2) is 18.7. The van der Waals surface area contributed by atoms with Crippen LogP contribution in [0.5, 0.6) is 0 Å². The van der Waals surface area contributed by atoms with E-state index in [0.29, 0.717) is 35.5 Å². The molecule has 254 valence electrons. The van der Waals surface area contributed by atoms with E-state index < -0.39 is 16.8 Å². The number of amides is 4. The molecule has 0 radical (unpaired) electrons. The molecule has 0 saturated carbocycles. The molecule has 12 nitrogen and oxygen atoms in total. The lowest BCUT2D eigenvalue weighted by atomic mass is 10.1. The van der Waals surface area contributed by atoms with E-state index >= 15 is 0 Å². The number of benzene rings is 2. The second-order valence-corrected chi connectivity index (χ2v) is 22.1. The van der Waals surface area contributed by atoms with Crippen molar-refractivity contribution in [2.24, 2.45) is 0 Å². The maximum Gasteiger partial charge on any atom is 0.262 e. The van der Waals surface area contributed by atoms with Crippen molar-refractivity contribution in [3.05, 3.63) is 89.2 Å². The highest BCUT2D eigenvalue weighted by Crippen LogP contribution is 2.63. The standard InChI is InChI=1S/C14H17ClNO4PS2.C11H12NO4PS2.C3H4N2/c1-3-19-21(22,20-4-2)23-12(9-15)16-13(17)10-7-5-6-8-11(10)14(16)18;1-15-17(18,16-2)19-7-12-10(13)8-5-3-4-6-9(8)11(12)14;1-2-4-5-3-1/h5-8,12H,3-4,9H2,1-2H3;3-6H,7H2,1-2H3;1-3H,(H,4,5). The van der Waals surface area contributed by atoms with Crippen molar-refractivity contribution in [3.63, 3.8) is 0 Å². The third-order valence-corrected chi connectivity index (χ3v) is 17.8. The molecule has 2 aliphatic heterocycles. The molecule has 3 aromatic rings. The number of fused-ring (bicyclic) bond motifs is 2. The minimum absolute atomic E-state index is 0.0503. The van der Waals surface area contributed by atoms with Crippen LogP contribution in [0.15, 0.2) is 67.0 Å². The van der Waals surface area contributed by atoms with Gasteiger partial charge < -0.3 is 18.1 Å². The quantitative estimate of drug-likeness (QED) is 0.111. The molecule has 5 rings (SSSR count). The molecule has 1 aromatic heterocycles. The van der Waals surface area contributed by atoms with Gasteiger partial charge in [-0.15, -0.1) is 11.6 Å². The van der Waals surface area contributed by atoms with Crippen LogP contribution in [0.4, 0.5) is 0 Å². The largest absolute Gasteiger partial charge is 0.325 e. The molecule has 1 N–H and O–H groups in total. The van der Waals surface area contributed by atoms with Crippen molar-refractivity contribution in [1.82, 2.24) is 20.0 Å². The summed E-state index contributed by atoms with van der Waals surface area (Å²) in [6.45, 7) is 4.42. The van der Waals surface area contributed by atoms with E-state index in [1.54, 1.807) is 60.9 Å². The number of nitrogens with one attached hydrogen (secondary N) is 1. The van der Waals surface area contributed by atoms with Crippen molar-refractivity contribution in [2.75, 3.05) is 39.2 Å². The molecule has 0 bridgehead atoms. The Morgan fingerprint density at radius 3 is 1.62 bits per heavy atom. The van der Waals surface area contributed by atoms with Gasteiger partial charge in [0.15, 0.2) is 0 Å². The van der Waals surface area contributed by atoms with Gasteiger partial charge in [-0.05, 0) is 90.6 Å². The van der Waals surface area contributed by atoms with Gasteiger partial charge in [-0.25, -0.2) is 0 Å². The predicted octanol–water partition coefficient (Wildman–Crippen LogP) is 6.78. The number of halogens is 1. The average molecular weight is 779 g/mol. The van der Waals surface area contributed by atoms with Gasteiger partial charge in [0, 0.05) is 26.6 Å². The Morgan fingerprint density at radius 2 is 1.28 bits per heavy atom. The fourth-order valence-corrected chi connectivity index (χ4v) is 12.7. The number of nitrogens with zero attached hydrogens (tertiary/aromatic N) is 3. The van der Waals surface area contributed by atoms with Crippen LogP contribution in [-0.4, -0.2) is 88.2 Å². The van der Waals surface area contributed by atoms with Crippen molar-refractivity contribution >= 4 is 93.0 Å². The molecule has 1 unspecified atom stereocenters. The molecular formula is C28H33ClN4O8P2S4. The molecule has 0 spiro atoms. The normalized spacial score (nSPS) is 14.7. The molecule has 1 atom stereocenters. The zero-order valence-corrected chi connectivity index (χ0v) is 31.6. The van der Waals surface area contributed by atoms with Crippen molar-refractivity contribution < 1.29 is 37.3 Å². The summed E-state index contributed by atoms with van der Waals surface area (Å²) in [5, 5.41) is 5.58. The molecular weight excluding hydrogens is 746 g/mol. The van der Waals surface area contributed by atoms with E-state index in [0.717, 1.165) is 32.6 Å². The maximum atomic E-state index is 12.5. The summed E-state index contributed by atoms with van der Waals surface area (Å²) in [5.41, 5.74) is -3.53. The third-order valence-electron chi connectivity index (χ3n) is 6.15. The Hall–Kier alpha value is -1.94. The smallest absolute Gasteiger partial charge is 0.262 e. The number of alkyl halides is 1. The molecule has 3 heterocycles. The van der Waals surface area contributed by atoms with Gasteiger partial charge in [0.1, 0.15) is 5.37 Å². The van der Waals surface area contributed by atoms with Crippen LogP contribution in [0.3, 0.4) is 0 Å². The first-order valence-corrected chi connectivity index (χ1v) is 22.7. The first kappa shape index (κ1) is 39.5. The van der Waals surface area contributed by atoms with Crippen LogP contribution in [0.1, 0.15) is 55.3 Å². The van der Waals surface area contributed by atoms with Gasteiger partial charge in [-0.3, -0.25) is 34.1 Å². The number of H-pyrrole nitrogens is 1. The van der Waals surface area contributed by atoms with E-state index in [1.165, 1.54) is 14.2 Å². The molecule has 47 heavy (non-hydrogen) atoms. The molecule has 4 amide bonds. The molecule has 2 aromatic carbocycles. The predicted molar refractivity (Wildman–Crippen MR) is 193 cm³/mol. The number of aromatic nitrogens is 2. The van der Waals surface area contributed by atoms with Crippen LogP contribution in [0.2, 0.25) is 0 Å². The zero-order valence-electron chi connectivity index (χ0n) is 25.8. The van der Waals surface area contributed by atoms with E-state index in [2.05, 4.69) is 10.2 Å². The number of hydrogen-bond acceptors (Lipinski definition) is 13. The first-order chi connectivity index (χ1) is 22.5. The second-order valence-electron chi connectivity index (χ2n) is 8.94. The highest BCUT2D eigenvalue weighted by molar-refractivity contribution is 8.68. The van der Waals surface area contributed by atoms with Crippen molar-refractivity contribution in [2.45, 2.75) is 19.2 Å². The number of aromatic amines is 1. The lowest BCUT2D eigenvalue weighted by molar-refractivity contribution is 0.0642. The van der Waals surface area contributed by atoms with Gasteiger partial charge in [-0.2, -0.15) is 5.10 Å². The summed E-state index contributed by atoms with van der Waals surface area (Å²) in [5.74, 6) is -1.15. The van der Waals surface area contributed by atoms with Crippen LogP contribution in [0, 0.1) is 0 Å². The maximum absolute atomic E-state index is 12.5. The Kier molecular flexibility index (Phi) is 15.7. The highest BCUT2D eigenvalue weighted by atomic mass is 35.5. The Labute approximate surface area is 296 Å². The van der Waals surface area contributed by atoms with Gasteiger partial charge in [0.25, 0.3) is 23.6 Å². The summed E-state index contributed by atoms with van der Waals surface area (Å²) in [6.07, 6.45) is 3.46. The van der Waals surface area contributed by atoms with E-state index in [-0.39, 0.29) is 35.4 Å². The Balaban J connectivity index is 0.000000225. The topological polar surface area (TPSA) is 140 Å². The molecule has 0 aliphatic carbocycles. The van der Waals surface area contributed by atoms with Crippen LogP contribution < -0.4 is 0 Å². The summed E-state index contributed by atoms with van der Waals surface area (Å²) in [4.78, 5) is 51.6. The summed E-state index contributed by atoms with van der Waals surface area (Å²) >= 11 is 19.0. The Bertz CT molecular complexity index is 1550. The number of carbonyl (C=O) groups is 4. The number of hydrogen-bond donors (Lipinski definition) is 1. The van der Waals surface area contributed by atoms with E-state index in [4.69, 9.17) is 53.3 Å². The molecule has 0 fully saturated rings. The summed E-state index contributed by atoms with van der Waals surface area (Å²) in [7, 11) is 2.92. The van der Waals surface area contributed by atoms with Crippen LogP contribution >= 0.6 is 45.8 Å². The minimum atomic E-state index is -2.67. The van der Waals surface area contributed by atoms with Gasteiger partial charge >= 0.3 is 0 Å². The lowest BCUT2D eigenvalue weighted by Gasteiger charge is -2.29. The van der Waals surface area contributed by atoms with Gasteiger partial charge in [0.05, 0.1) is 47.2 Å². The lowest BCUT2D eigenvalue weighted by Crippen LogP contribution is -2.39. The third kappa shape index (κ3) is 10.1. The summed E-state index contributed by atoms with van der Waals surface area (Å²) < 4.78 is 21.4. The molecule has 0 saturated heterocycles. The fourth-order valence-electron chi connectivity index (χ4n) is 4.06. The monoisotopic (exact) mass is 778 g/mol. The van der Waals surface area contributed by atoms with Gasteiger partial charge in [0.2, 0.25) is 11.4 Å². The van der Waals surface area contributed by atoms with Crippen LogP contribution in [-0.2, 0) is 41.7 Å². The van der Waals surface area contributed by atoms with Crippen molar-refractivity contribution in [1.29, 1.82) is 0 Å². The van der Waals surface area contributed by atoms with E-state index in [1.807, 2.05) is 19.9 Å². The average Bonchev–Trinajstić information content (AvgIpc) is 3.80. The SMILES string of the molecule is CCOP(=S)(OCC)SC(CCl)N1C(=O)c2ccccc2C1=O.COP(=S)(OC)SCN1C(=O)c2ccccc2C1=O.c1cn[nH]c1. The highest BCUT2D eigenvalue weighted by Gasteiger charge is 2.42.